The molecule has 0 aromatic heterocycles. The molecule has 0 fully saturated rings. The van der Waals surface area contributed by atoms with Gasteiger partial charge in [0.1, 0.15) is 6.26 Å². The van der Waals surface area contributed by atoms with Gasteiger partial charge >= 0.3 is 0 Å². The molecule has 0 heterocycles. The molecule has 4 heteroatoms. The van der Waals surface area contributed by atoms with Crippen molar-refractivity contribution in [2.75, 3.05) is 7.11 Å². The van der Waals surface area contributed by atoms with Gasteiger partial charge < -0.3 is 4.89 Å². The van der Waals surface area contributed by atoms with E-state index in [9.17, 15) is 0 Å². The predicted molar refractivity (Wildman–Crippen MR) is 20.5 cm³/mol. The van der Waals surface area contributed by atoms with Crippen LogP contribution in [0.3, 0.4) is 0 Å². The Morgan fingerprint density at radius 3 is 2.57 bits per heavy atom. The number of hydrogen-bond acceptors (Lipinski definition) is 4. The van der Waals surface area contributed by atoms with Gasteiger partial charge in [0, 0.05) is 5.04 Å². The van der Waals surface area contributed by atoms with Gasteiger partial charge in [0.15, 0.2) is 0 Å². The minimum atomic E-state index is 1.05. The van der Waals surface area contributed by atoms with E-state index in [1.54, 1.807) is 0 Å². The maximum Gasteiger partial charge on any atom is 0.125 e. The maximum atomic E-state index is 3.99. The van der Waals surface area contributed by atoms with E-state index in [1.807, 2.05) is 0 Å². The van der Waals surface area contributed by atoms with Gasteiger partial charge in [0.2, 0.25) is 0 Å². The Kier molecular flexibility index (Phi) is 4.97. The minimum absolute atomic E-state index is 1.05. The van der Waals surface area contributed by atoms with Crippen LogP contribution in [0.4, 0.5) is 0 Å². The Labute approximate surface area is 41.0 Å². The molecule has 0 atom stereocenters. The van der Waals surface area contributed by atoms with Gasteiger partial charge in [-0.1, -0.05) is 6.58 Å². The second kappa shape index (κ2) is 5.42. The van der Waals surface area contributed by atoms with Crippen LogP contribution in [0, 0.1) is 0 Å². The van der Waals surface area contributed by atoms with Crippen LogP contribution in [-0.2, 0) is 19.9 Å². The lowest BCUT2D eigenvalue weighted by molar-refractivity contribution is -0.615. The van der Waals surface area contributed by atoms with Gasteiger partial charge in [0.05, 0.1) is 7.11 Å². The van der Waals surface area contributed by atoms with Crippen LogP contribution in [0.25, 0.3) is 0 Å². The fourth-order valence-corrected chi connectivity index (χ4v) is 0.0716. The first-order valence-electron chi connectivity index (χ1n) is 1.55. The van der Waals surface area contributed by atoms with Crippen molar-refractivity contribution in [3.05, 3.63) is 12.8 Å². The van der Waals surface area contributed by atoms with Crippen molar-refractivity contribution < 1.29 is 19.9 Å². The van der Waals surface area contributed by atoms with Crippen LogP contribution in [0.2, 0.25) is 0 Å². The van der Waals surface area contributed by atoms with E-state index in [2.05, 4.69) is 26.4 Å². The quantitative estimate of drug-likeness (QED) is 0.227. The molecule has 0 spiro atoms. The summed E-state index contributed by atoms with van der Waals surface area (Å²) in [4.78, 5) is 7.94. The second-order valence-electron chi connectivity index (χ2n) is 0.566. The summed E-state index contributed by atoms with van der Waals surface area (Å²) in [5.74, 6) is 0. The molecule has 42 valence electrons. The summed E-state index contributed by atoms with van der Waals surface area (Å²) < 4.78 is 0. The van der Waals surface area contributed by atoms with Gasteiger partial charge in [-0.05, 0) is 5.04 Å². The lowest BCUT2D eigenvalue weighted by Gasteiger charge is -1.91. The van der Waals surface area contributed by atoms with E-state index >= 15 is 0 Å². The molecule has 0 aliphatic carbocycles. The van der Waals surface area contributed by atoms with Gasteiger partial charge in [-0.15, -0.1) is 0 Å². The summed E-state index contributed by atoms with van der Waals surface area (Å²) in [6, 6.07) is 0. The highest BCUT2D eigenvalue weighted by Crippen LogP contribution is 1.78. The van der Waals surface area contributed by atoms with Crippen molar-refractivity contribution in [1.29, 1.82) is 0 Å². The van der Waals surface area contributed by atoms with E-state index < -0.39 is 0 Å². The van der Waals surface area contributed by atoms with Crippen LogP contribution in [0.5, 0.6) is 0 Å². The van der Waals surface area contributed by atoms with E-state index in [1.165, 1.54) is 7.11 Å². The normalized spacial score (nSPS) is 8.14. The molecule has 0 radical (unpaired) electrons. The topological polar surface area (TPSA) is 36.9 Å². The minimum Gasteiger partial charge on any atom is -0.315 e. The van der Waals surface area contributed by atoms with Crippen molar-refractivity contribution >= 4 is 0 Å². The highest BCUT2D eigenvalue weighted by atomic mass is 17.7. The summed E-state index contributed by atoms with van der Waals surface area (Å²) in [5.41, 5.74) is 0. The molecular weight excluding hydrogens is 100 g/mol. The Morgan fingerprint density at radius 1 is 1.43 bits per heavy atom. The third-order valence-corrected chi connectivity index (χ3v) is 0.203. The first-order valence-corrected chi connectivity index (χ1v) is 1.55. The maximum absolute atomic E-state index is 3.99. The zero-order valence-electron chi connectivity index (χ0n) is 3.92. The van der Waals surface area contributed by atoms with Crippen molar-refractivity contribution in [3.8, 4) is 0 Å². The van der Waals surface area contributed by atoms with Gasteiger partial charge in [0.25, 0.3) is 0 Å². The van der Waals surface area contributed by atoms with Crippen LogP contribution >= 0.6 is 0 Å². The van der Waals surface area contributed by atoms with Gasteiger partial charge in [-0.25, -0.2) is 4.89 Å². The zero-order chi connectivity index (χ0) is 5.54. The van der Waals surface area contributed by atoms with Gasteiger partial charge in [-0.2, -0.15) is 0 Å². The molecule has 0 aromatic carbocycles. The van der Waals surface area contributed by atoms with E-state index in [0.29, 0.717) is 0 Å². The average Bonchev–Trinajstić information content (AvgIpc) is 1.69. The molecule has 0 rings (SSSR count). The van der Waals surface area contributed by atoms with Crippen LogP contribution in [-0.4, -0.2) is 7.11 Å². The standard InChI is InChI=1S/C3H6O4/c1-3-5-7-6-4-2/h3H,1H2,2H3. The average molecular weight is 106 g/mol. The fraction of sp³-hybridized carbons (Fsp3) is 0.333. The van der Waals surface area contributed by atoms with Crippen LogP contribution in [0.1, 0.15) is 0 Å². The Balaban J connectivity index is 2.56. The van der Waals surface area contributed by atoms with Gasteiger partial charge in [-0.3, -0.25) is 0 Å². The summed E-state index contributed by atoms with van der Waals surface area (Å²) in [6.07, 6.45) is 1.05. The summed E-state index contributed by atoms with van der Waals surface area (Å²) in [6.45, 7) is 3.15. The van der Waals surface area contributed by atoms with E-state index in [0.717, 1.165) is 6.26 Å². The van der Waals surface area contributed by atoms with Crippen LogP contribution < -0.4 is 0 Å². The molecule has 0 saturated heterocycles. The third kappa shape index (κ3) is 5.42. The third-order valence-electron chi connectivity index (χ3n) is 0.203. The number of hydrogen-bond donors (Lipinski definition) is 0. The van der Waals surface area contributed by atoms with E-state index in [4.69, 9.17) is 0 Å². The molecule has 0 N–H and O–H groups in total. The molecule has 0 aromatic rings. The SMILES string of the molecule is C=COOOOC. The molecule has 0 aliphatic heterocycles. The summed E-state index contributed by atoms with van der Waals surface area (Å²) >= 11 is 0. The second-order valence-corrected chi connectivity index (χ2v) is 0.566. The fourth-order valence-electron chi connectivity index (χ4n) is 0.0716. The highest BCUT2D eigenvalue weighted by Gasteiger charge is 1.75. The predicted octanol–water partition coefficient (Wildman–Crippen LogP) is 0.571. The number of rotatable bonds is 4. The zero-order valence-corrected chi connectivity index (χ0v) is 3.92. The van der Waals surface area contributed by atoms with Crippen molar-refractivity contribution in [1.82, 2.24) is 0 Å². The molecule has 0 aliphatic rings. The molecule has 0 amide bonds. The Hall–Kier alpha value is -0.580. The molecular formula is C3H6O4. The van der Waals surface area contributed by atoms with Crippen LogP contribution in [0.15, 0.2) is 12.8 Å². The Bertz CT molecular complexity index is 44.2. The lowest BCUT2D eigenvalue weighted by Crippen LogP contribution is -1.88. The first kappa shape index (κ1) is 6.42. The smallest absolute Gasteiger partial charge is 0.125 e. The molecule has 7 heavy (non-hydrogen) atoms. The highest BCUT2D eigenvalue weighted by molar-refractivity contribution is 4.41. The summed E-state index contributed by atoms with van der Waals surface area (Å²) in [7, 11) is 1.28. The summed E-state index contributed by atoms with van der Waals surface area (Å²) in [5, 5.41) is 7.57. The molecule has 0 saturated carbocycles. The van der Waals surface area contributed by atoms with E-state index in [-0.39, 0.29) is 0 Å². The van der Waals surface area contributed by atoms with Crippen molar-refractivity contribution in [2.45, 2.75) is 0 Å². The first-order chi connectivity index (χ1) is 3.41. The monoisotopic (exact) mass is 106 g/mol. The van der Waals surface area contributed by atoms with Crippen molar-refractivity contribution in [3.63, 3.8) is 0 Å². The lowest BCUT2D eigenvalue weighted by atomic mass is 11.2. The molecule has 0 unspecified atom stereocenters. The largest absolute Gasteiger partial charge is 0.315 e. The Morgan fingerprint density at radius 2 is 2.14 bits per heavy atom. The molecule has 4 nitrogen and oxygen atoms in total. The molecule has 0 bridgehead atoms. The van der Waals surface area contributed by atoms with Crippen molar-refractivity contribution in [2.24, 2.45) is 0 Å².